The minimum atomic E-state index is 0.465. The van der Waals surface area contributed by atoms with Gasteiger partial charge in [-0.3, -0.25) is 4.68 Å². The van der Waals surface area contributed by atoms with Gasteiger partial charge >= 0.3 is 0 Å². The van der Waals surface area contributed by atoms with E-state index in [0.29, 0.717) is 6.04 Å². The van der Waals surface area contributed by atoms with Crippen LogP contribution in [0.5, 0.6) is 0 Å². The van der Waals surface area contributed by atoms with Gasteiger partial charge in [0.1, 0.15) is 10.1 Å². The van der Waals surface area contributed by atoms with Gasteiger partial charge in [0, 0.05) is 31.4 Å². The molecule has 2 rings (SSSR count). The lowest BCUT2D eigenvalue weighted by Gasteiger charge is -2.09. The molecule has 0 aliphatic rings. The van der Waals surface area contributed by atoms with Crippen LogP contribution in [0, 0.1) is 6.92 Å². The van der Waals surface area contributed by atoms with Crippen molar-refractivity contribution in [2.75, 3.05) is 0 Å². The third-order valence-electron chi connectivity index (χ3n) is 2.81. The van der Waals surface area contributed by atoms with E-state index in [4.69, 9.17) is 0 Å². The molecule has 0 saturated heterocycles. The minimum absolute atomic E-state index is 0.465. The fraction of sp³-hybridized carbons (Fsp3) is 0.429. The Bertz CT molecular complexity index is 534. The van der Waals surface area contributed by atoms with Crippen LogP contribution < -0.4 is 5.32 Å². The van der Waals surface area contributed by atoms with Gasteiger partial charge in [-0.15, -0.1) is 0 Å². The molecular weight excluding hydrogens is 256 g/mol. The van der Waals surface area contributed by atoms with Crippen LogP contribution in [0.15, 0.2) is 34.4 Å². The summed E-state index contributed by atoms with van der Waals surface area (Å²) in [7, 11) is 1.98. The molecule has 0 aliphatic carbocycles. The molecule has 2 aromatic heterocycles. The molecule has 0 aliphatic heterocycles. The molecule has 0 atom stereocenters. The van der Waals surface area contributed by atoms with E-state index in [9.17, 15) is 0 Å². The van der Waals surface area contributed by atoms with Gasteiger partial charge in [0.25, 0.3) is 0 Å². The molecule has 0 unspecified atom stereocenters. The molecule has 2 heterocycles. The summed E-state index contributed by atoms with van der Waals surface area (Å²) in [4.78, 5) is 4.36. The van der Waals surface area contributed by atoms with Crippen molar-refractivity contribution in [3.63, 3.8) is 0 Å². The van der Waals surface area contributed by atoms with Crippen molar-refractivity contribution in [1.29, 1.82) is 0 Å². The largest absolute Gasteiger partial charge is 0.310 e. The molecule has 0 bridgehead atoms. The zero-order chi connectivity index (χ0) is 13.8. The maximum absolute atomic E-state index is 4.51. The lowest BCUT2D eigenvalue weighted by molar-refractivity contribution is 0.580. The van der Waals surface area contributed by atoms with Gasteiger partial charge in [0.2, 0.25) is 0 Å². The average molecular weight is 276 g/mol. The number of nitrogens with zero attached hydrogens (tertiary/aromatic N) is 3. The zero-order valence-corrected chi connectivity index (χ0v) is 12.7. The molecule has 0 saturated carbocycles. The number of rotatable bonds is 5. The first-order valence-corrected chi connectivity index (χ1v) is 7.24. The summed E-state index contributed by atoms with van der Waals surface area (Å²) in [5.41, 5.74) is 2.33. The van der Waals surface area contributed by atoms with Crippen molar-refractivity contribution in [3.05, 3.63) is 35.7 Å². The van der Waals surface area contributed by atoms with E-state index in [0.717, 1.165) is 22.3 Å². The second-order valence-electron chi connectivity index (χ2n) is 4.80. The van der Waals surface area contributed by atoms with E-state index < -0.39 is 0 Å². The molecule has 0 aromatic carbocycles. The molecule has 4 nitrogen and oxygen atoms in total. The Hall–Kier alpha value is -1.33. The van der Waals surface area contributed by atoms with Gasteiger partial charge in [0.15, 0.2) is 0 Å². The first-order chi connectivity index (χ1) is 9.08. The quantitative estimate of drug-likeness (QED) is 0.912. The van der Waals surface area contributed by atoms with Gasteiger partial charge < -0.3 is 5.32 Å². The summed E-state index contributed by atoms with van der Waals surface area (Å²) < 4.78 is 1.94. The van der Waals surface area contributed by atoms with E-state index >= 15 is 0 Å². The van der Waals surface area contributed by atoms with Gasteiger partial charge in [-0.1, -0.05) is 31.7 Å². The highest BCUT2D eigenvalue weighted by molar-refractivity contribution is 7.99. The van der Waals surface area contributed by atoms with Gasteiger partial charge in [-0.25, -0.2) is 4.98 Å². The molecule has 0 amide bonds. The highest BCUT2D eigenvalue weighted by atomic mass is 32.2. The Morgan fingerprint density at radius 1 is 1.37 bits per heavy atom. The summed E-state index contributed by atoms with van der Waals surface area (Å²) in [5.74, 6) is 0. The molecule has 1 N–H and O–H groups in total. The van der Waals surface area contributed by atoms with Crippen molar-refractivity contribution < 1.29 is 0 Å². The second-order valence-corrected chi connectivity index (χ2v) is 5.81. The van der Waals surface area contributed by atoms with Crippen LogP contribution in [0.4, 0.5) is 0 Å². The van der Waals surface area contributed by atoms with Crippen LogP contribution in [0.3, 0.4) is 0 Å². The molecule has 0 spiro atoms. The van der Waals surface area contributed by atoms with Crippen molar-refractivity contribution >= 4 is 11.8 Å². The topological polar surface area (TPSA) is 42.7 Å². The van der Waals surface area contributed by atoms with Crippen LogP contribution in [0.25, 0.3) is 0 Å². The maximum atomic E-state index is 4.51. The Morgan fingerprint density at radius 3 is 2.79 bits per heavy atom. The number of hydrogen-bond donors (Lipinski definition) is 1. The van der Waals surface area contributed by atoms with E-state index in [1.807, 2.05) is 36.1 Å². The van der Waals surface area contributed by atoms with Gasteiger partial charge in [-0.05, 0) is 19.1 Å². The average Bonchev–Trinajstić information content (AvgIpc) is 2.63. The first-order valence-electron chi connectivity index (χ1n) is 6.42. The number of pyridine rings is 1. The molecule has 19 heavy (non-hydrogen) atoms. The van der Waals surface area contributed by atoms with E-state index in [2.05, 4.69) is 36.2 Å². The predicted molar refractivity (Wildman–Crippen MR) is 78.3 cm³/mol. The first kappa shape index (κ1) is 14.1. The van der Waals surface area contributed by atoms with Crippen molar-refractivity contribution in [3.8, 4) is 0 Å². The summed E-state index contributed by atoms with van der Waals surface area (Å²) in [6.07, 6.45) is 1.82. The fourth-order valence-electron chi connectivity index (χ4n) is 1.82. The van der Waals surface area contributed by atoms with Crippen LogP contribution in [0.2, 0.25) is 0 Å². The van der Waals surface area contributed by atoms with E-state index in [-0.39, 0.29) is 0 Å². The number of aromatic nitrogens is 3. The highest BCUT2D eigenvalue weighted by Gasteiger charge is 2.15. The second kappa shape index (κ2) is 6.21. The van der Waals surface area contributed by atoms with Gasteiger partial charge in [0.05, 0.1) is 5.69 Å². The van der Waals surface area contributed by atoms with Crippen molar-refractivity contribution in [1.82, 2.24) is 20.1 Å². The Kier molecular flexibility index (Phi) is 4.61. The van der Waals surface area contributed by atoms with Crippen LogP contribution in [0.1, 0.15) is 25.1 Å². The standard InChI is InChI=1S/C14H20N4S/c1-10(2)16-9-12-11(3)17-18(4)14(12)19-13-7-5-6-8-15-13/h5-8,10,16H,9H2,1-4H3. The Labute approximate surface area is 118 Å². The fourth-order valence-corrected chi connectivity index (χ4v) is 2.80. The molecule has 102 valence electrons. The third kappa shape index (κ3) is 3.58. The molecule has 0 fully saturated rings. The van der Waals surface area contributed by atoms with E-state index in [1.165, 1.54) is 5.56 Å². The normalized spacial score (nSPS) is 11.2. The molecule has 5 heteroatoms. The summed E-state index contributed by atoms with van der Waals surface area (Å²) >= 11 is 1.66. The number of nitrogens with one attached hydrogen (secondary N) is 1. The summed E-state index contributed by atoms with van der Waals surface area (Å²) in [6.45, 7) is 7.20. The van der Waals surface area contributed by atoms with Crippen molar-refractivity contribution in [2.24, 2.45) is 7.05 Å². The zero-order valence-electron chi connectivity index (χ0n) is 11.8. The predicted octanol–water partition coefficient (Wildman–Crippen LogP) is 2.77. The summed E-state index contributed by atoms with van der Waals surface area (Å²) in [6, 6.07) is 6.42. The van der Waals surface area contributed by atoms with Gasteiger partial charge in [-0.2, -0.15) is 5.10 Å². The monoisotopic (exact) mass is 276 g/mol. The highest BCUT2D eigenvalue weighted by Crippen LogP contribution is 2.30. The third-order valence-corrected chi connectivity index (χ3v) is 3.97. The van der Waals surface area contributed by atoms with Crippen LogP contribution in [-0.4, -0.2) is 20.8 Å². The Balaban J connectivity index is 2.23. The maximum Gasteiger partial charge on any atom is 0.105 e. The number of hydrogen-bond acceptors (Lipinski definition) is 4. The molecular formula is C14H20N4S. The van der Waals surface area contributed by atoms with E-state index in [1.54, 1.807) is 11.8 Å². The Morgan fingerprint density at radius 2 is 2.16 bits per heavy atom. The molecule has 0 radical (unpaired) electrons. The number of aryl methyl sites for hydroxylation is 2. The summed E-state index contributed by atoms with van der Waals surface area (Å²) in [5, 5.41) is 10.1. The van der Waals surface area contributed by atoms with Crippen LogP contribution >= 0.6 is 11.8 Å². The smallest absolute Gasteiger partial charge is 0.105 e. The lowest BCUT2D eigenvalue weighted by Crippen LogP contribution is -2.22. The van der Waals surface area contributed by atoms with Crippen molar-refractivity contribution in [2.45, 2.75) is 43.4 Å². The SMILES string of the molecule is Cc1nn(C)c(Sc2ccccn2)c1CNC(C)C. The molecule has 2 aromatic rings. The van der Waals surface area contributed by atoms with Crippen LogP contribution in [-0.2, 0) is 13.6 Å². The lowest BCUT2D eigenvalue weighted by atomic mass is 10.2. The minimum Gasteiger partial charge on any atom is -0.310 e.